The number of fused-ring (bicyclic) bond motifs is 2. The van der Waals surface area contributed by atoms with Crippen molar-refractivity contribution in [2.75, 3.05) is 0 Å². The van der Waals surface area contributed by atoms with E-state index in [9.17, 15) is 22.0 Å². The molecule has 0 amide bonds. The molecule has 7 heteroatoms. The first-order valence-electron chi connectivity index (χ1n) is 11.5. The van der Waals surface area contributed by atoms with Crippen LogP contribution in [-0.4, -0.2) is 0 Å². The predicted octanol–water partition coefficient (Wildman–Crippen LogP) is 8.30. The van der Waals surface area contributed by atoms with Gasteiger partial charge in [0, 0.05) is 24.0 Å². The van der Waals surface area contributed by atoms with Crippen molar-refractivity contribution < 1.29 is 31.4 Å². The molecule has 33 heavy (non-hydrogen) atoms. The number of hydrogen-bond donors (Lipinski definition) is 0. The molecule has 0 saturated carbocycles. The van der Waals surface area contributed by atoms with Gasteiger partial charge in [-0.05, 0) is 42.9 Å². The highest BCUT2D eigenvalue weighted by Crippen LogP contribution is 2.45. The van der Waals surface area contributed by atoms with Crippen molar-refractivity contribution in [3.05, 3.63) is 69.7 Å². The maximum Gasteiger partial charge on any atom is 0.429 e. The summed E-state index contributed by atoms with van der Waals surface area (Å²) in [7, 11) is 0. The minimum Gasteiger partial charge on any atom is -0.450 e. The lowest BCUT2D eigenvalue weighted by atomic mass is 9.90. The molecule has 0 saturated heterocycles. The summed E-state index contributed by atoms with van der Waals surface area (Å²) in [6.07, 6.45) is 2.34. The van der Waals surface area contributed by atoms with Crippen molar-refractivity contribution in [1.29, 1.82) is 0 Å². The molecule has 0 N–H and O–H groups in total. The molecular weight excluding hydrogens is 439 g/mol. The fraction of sp³-hybridized carbons (Fsp3) is 0.462. The maximum atomic E-state index is 14.9. The summed E-state index contributed by atoms with van der Waals surface area (Å²) in [5, 5.41) is 0. The first-order chi connectivity index (χ1) is 15.7. The SMILES string of the molecule is CCCc1ccc2c(c1F)Oc1c(cc(C(F)(F)OC3=CCC(CCC)CC3)c(F)c1F)C2. The van der Waals surface area contributed by atoms with Crippen molar-refractivity contribution in [1.82, 2.24) is 0 Å². The van der Waals surface area contributed by atoms with E-state index in [2.05, 4.69) is 6.92 Å². The summed E-state index contributed by atoms with van der Waals surface area (Å²) in [6.45, 7) is 3.96. The Morgan fingerprint density at radius 2 is 1.76 bits per heavy atom. The van der Waals surface area contributed by atoms with E-state index in [1.165, 1.54) is 0 Å². The van der Waals surface area contributed by atoms with Crippen LogP contribution in [0.25, 0.3) is 0 Å². The van der Waals surface area contributed by atoms with Crippen LogP contribution in [0.4, 0.5) is 22.0 Å². The van der Waals surface area contributed by atoms with E-state index in [1.54, 1.807) is 18.2 Å². The van der Waals surface area contributed by atoms with Crippen molar-refractivity contribution in [3.63, 3.8) is 0 Å². The zero-order chi connectivity index (χ0) is 23.8. The van der Waals surface area contributed by atoms with E-state index in [-0.39, 0.29) is 23.5 Å². The molecule has 0 fully saturated rings. The Morgan fingerprint density at radius 3 is 2.42 bits per heavy atom. The average molecular weight is 466 g/mol. The van der Waals surface area contributed by atoms with Gasteiger partial charge in [-0.3, -0.25) is 0 Å². The number of allylic oxidation sites excluding steroid dienone is 2. The first kappa shape index (κ1) is 23.6. The summed E-state index contributed by atoms with van der Waals surface area (Å²) in [5.41, 5.74) is -0.384. The van der Waals surface area contributed by atoms with E-state index >= 15 is 0 Å². The molecular formula is C26H27F5O2. The Kier molecular flexibility index (Phi) is 6.68. The van der Waals surface area contributed by atoms with Crippen LogP contribution in [0.2, 0.25) is 0 Å². The zero-order valence-corrected chi connectivity index (χ0v) is 18.7. The Balaban J connectivity index is 1.62. The van der Waals surface area contributed by atoms with E-state index < -0.39 is 34.9 Å². The van der Waals surface area contributed by atoms with Crippen LogP contribution in [0.3, 0.4) is 0 Å². The fourth-order valence-corrected chi connectivity index (χ4v) is 4.62. The lowest BCUT2D eigenvalue weighted by Gasteiger charge is -2.27. The third kappa shape index (κ3) is 4.59. The van der Waals surface area contributed by atoms with Gasteiger partial charge in [0.2, 0.25) is 5.82 Å². The van der Waals surface area contributed by atoms with E-state index in [0.29, 0.717) is 49.1 Å². The molecule has 2 aliphatic rings. The lowest BCUT2D eigenvalue weighted by Crippen LogP contribution is -2.23. The molecule has 0 bridgehead atoms. The summed E-state index contributed by atoms with van der Waals surface area (Å²) < 4.78 is 84.5. The van der Waals surface area contributed by atoms with Crippen LogP contribution in [0.15, 0.2) is 30.0 Å². The van der Waals surface area contributed by atoms with Crippen LogP contribution in [0, 0.1) is 23.4 Å². The second kappa shape index (κ2) is 9.35. The quantitative estimate of drug-likeness (QED) is 0.326. The van der Waals surface area contributed by atoms with Crippen LogP contribution in [0.5, 0.6) is 11.5 Å². The zero-order valence-electron chi connectivity index (χ0n) is 18.7. The maximum absolute atomic E-state index is 14.9. The topological polar surface area (TPSA) is 18.5 Å². The van der Waals surface area contributed by atoms with Gasteiger partial charge in [-0.1, -0.05) is 45.2 Å². The van der Waals surface area contributed by atoms with Crippen molar-refractivity contribution in [2.24, 2.45) is 5.92 Å². The van der Waals surface area contributed by atoms with Gasteiger partial charge in [-0.2, -0.15) is 13.2 Å². The molecule has 0 spiro atoms. The molecule has 1 unspecified atom stereocenters. The van der Waals surface area contributed by atoms with Gasteiger partial charge in [0.15, 0.2) is 23.1 Å². The van der Waals surface area contributed by atoms with Gasteiger partial charge in [0.25, 0.3) is 0 Å². The summed E-state index contributed by atoms with van der Waals surface area (Å²) in [5.74, 6) is -4.21. The molecule has 1 atom stereocenters. The molecule has 0 radical (unpaired) electrons. The van der Waals surface area contributed by atoms with Crippen LogP contribution in [0.1, 0.15) is 74.6 Å². The van der Waals surface area contributed by atoms with Crippen LogP contribution in [-0.2, 0) is 23.7 Å². The van der Waals surface area contributed by atoms with Crippen molar-refractivity contribution in [3.8, 4) is 11.5 Å². The average Bonchev–Trinajstić information content (AvgIpc) is 2.79. The number of rotatable bonds is 7. The molecule has 2 aromatic rings. The van der Waals surface area contributed by atoms with Crippen molar-refractivity contribution in [2.45, 2.75) is 71.3 Å². The Bertz CT molecular complexity index is 1080. The number of alkyl halides is 2. The van der Waals surface area contributed by atoms with E-state index in [0.717, 1.165) is 18.9 Å². The summed E-state index contributed by atoms with van der Waals surface area (Å²) in [6, 6.07) is 4.09. The summed E-state index contributed by atoms with van der Waals surface area (Å²) in [4.78, 5) is 0. The number of ether oxygens (including phenoxy) is 2. The largest absolute Gasteiger partial charge is 0.450 e. The second-order valence-corrected chi connectivity index (χ2v) is 8.81. The molecule has 1 aliphatic heterocycles. The number of aryl methyl sites for hydroxylation is 1. The van der Waals surface area contributed by atoms with Gasteiger partial charge < -0.3 is 9.47 Å². The van der Waals surface area contributed by atoms with Gasteiger partial charge >= 0.3 is 6.11 Å². The monoisotopic (exact) mass is 466 g/mol. The van der Waals surface area contributed by atoms with Gasteiger partial charge in [-0.25, -0.2) is 8.78 Å². The second-order valence-electron chi connectivity index (χ2n) is 8.81. The van der Waals surface area contributed by atoms with E-state index in [4.69, 9.17) is 9.47 Å². The molecule has 4 rings (SSSR count). The number of halogens is 5. The highest BCUT2D eigenvalue weighted by molar-refractivity contribution is 5.54. The highest BCUT2D eigenvalue weighted by atomic mass is 19.3. The minimum absolute atomic E-state index is 0.0166. The van der Waals surface area contributed by atoms with Crippen molar-refractivity contribution >= 4 is 0 Å². The first-order valence-corrected chi connectivity index (χ1v) is 11.5. The molecule has 1 aliphatic carbocycles. The third-order valence-corrected chi connectivity index (χ3v) is 6.35. The normalized spacial score (nSPS) is 17.7. The molecule has 0 aromatic heterocycles. The van der Waals surface area contributed by atoms with Crippen LogP contribution >= 0.6 is 0 Å². The lowest BCUT2D eigenvalue weighted by molar-refractivity contribution is -0.228. The Labute approximate surface area is 190 Å². The molecule has 2 nitrogen and oxygen atoms in total. The minimum atomic E-state index is -4.06. The predicted molar refractivity (Wildman–Crippen MR) is 115 cm³/mol. The third-order valence-electron chi connectivity index (χ3n) is 6.35. The Hall–Kier alpha value is -2.57. The van der Waals surface area contributed by atoms with Gasteiger partial charge in [0.1, 0.15) is 5.56 Å². The molecule has 2 aromatic carbocycles. The highest BCUT2D eigenvalue weighted by Gasteiger charge is 2.42. The van der Waals surface area contributed by atoms with E-state index in [1.807, 2.05) is 6.92 Å². The number of benzene rings is 2. The van der Waals surface area contributed by atoms with Crippen LogP contribution < -0.4 is 4.74 Å². The van der Waals surface area contributed by atoms with Gasteiger partial charge in [-0.15, -0.1) is 0 Å². The summed E-state index contributed by atoms with van der Waals surface area (Å²) >= 11 is 0. The number of hydrogen-bond acceptors (Lipinski definition) is 2. The molecule has 178 valence electrons. The fourth-order valence-electron chi connectivity index (χ4n) is 4.62. The van der Waals surface area contributed by atoms with Gasteiger partial charge in [0.05, 0.1) is 5.76 Å². The standard InChI is InChI=1S/C26H27F5O2/c1-3-5-15-7-11-19(12-8-15)33-26(30,31)20-14-18-13-17-10-9-16(6-4-2)21(27)24(17)32-25(18)23(29)22(20)28/h9-11,14-15H,3-8,12-13H2,1-2H3. The smallest absolute Gasteiger partial charge is 0.429 e. The molecule has 1 heterocycles. The Morgan fingerprint density at radius 1 is 1.00 bits per heavy atom.